The van der Waals surface area contributed by atoms with Crippen molar-refractivity contribution in [3.8, 4) is 0 Å². The Labute approximate surface area is 97.3 Å². The smallest absolute Gasteiger partial charge is 0.311 e. The van der Waals surface area contributed by atoms with Gasteiger partial charge in [-0.1, -0.05) is 51.5 Å². The summed E-state index contributed by atoms with van der Waals surface area (Å²) in [5, 5.41) is 9.22. The number of carbonyl (C=O) groups is 1. The molecule has 0 radical (unpaired) electrons. The summed E-state index contributed by atoms with van der Waals surface area (Å²) in [6, 6.07) is 7.96. The second kappa shape index (κ2) is 5.69. The second-order valence-corrected chi connectivity index (χ2v) is 4.55. The molecule has 1 atom stereocenters. The van der Waals surface area contributed by atoms with Gasteiger partial charge in [0.2, 0.25) is 0 Å². The molecule has 1 N–H and O–H groups in total. The summed E-state index contributed by atoms with van der Waals surface area (Å²) >= 11 is 0. The van der Waals surface area contributed by atoms with E-state index in [9.17, 15) is 9.90 Å². The average molecular weight is 220 g/mol. The van der Waals surface area contributed by atoms with Crippen molar-refractivity contribution in [2.75, 3.05) is 0 Å². The van der Waals surface area contributed by atoms with Crippen LogP contribution in [-0.4, -0.2) is 11.1 Å². The zero-order valence-corrected chi connectivity index (χ0v) is 10.2. The molecule has 0 heterocycles. The number of aliphatic carboxylic acids is 1. The SMILES string of the molecule is CCCc1cccc(C(C(=O)O)C(C)C)c1. The summed E-state index contributed by atoms with van der Waals surface area (Å²) in [5.41, 5.74) is 2.15. The molecule has 1 unspecified atom stereocenters. The molecular weight excluding hydrogens is 200 g/mol. The molecule has 2 heteroatoms. The van der Waals surface area contributed by atoms with Crippen LogP contribution in [0, 0.1) is 5.92 Å². The minimum absolute atomic E-state index is 0.120. The second-order valence-electron chi connectivity index (χ2n) is 4.55. The van der Waals surface area contributed by atoms with Crippen LogP contribution in [0.5, 0.6) is 0 Å². The van der Waals surface area contributed by atoms with Gasteiger partial charge in [-0.25, -0.2) is 0 Å². The first-order valence-corrected chi connectivity index (χ1v) is 5.88. The normalized spacial score (nSPS) is 12.8. The highest BCUT2D eigenvalue weighted by molar-refractivity contribution is 5.76. The van der Waals surface area contributed by atoms with Crippen LogP contribution in [0.3, 0.4) is 0 Å². The Morgan fingerprint density at radius 3 is 2.56 bits per heavy atom. The molecule has 0 aliphatic carbocycles. The molecule has 1 rings (SSSR count). The van der Waals surface area contributed by atoms with Crippen LogP contribution in [0.25, 0.3) is 0 Å². The van der Waals surface area contributed by atoms with Crippen LogP contribution >= 0.6 is 0 Å². The lowest BCUT2D eigenvalue weighted by atomic mass is 9.87. The molecule has 0 bridgehead atoms. The van der Waals surface area contributed by atoms with Crippen LogP contribution in [0.4, 0.5) is 0 Å². The van der Waals surface area contributed by atoms with Crippen molar-refractivity contribution in [2.45, 2.75) is 39.5 Å². The van der Waals surface area contributed by atoms with E-state index in [1.807, 2.05) is 32.0 Å². The summed E-state index contributed by atoms with van der Waals surface area (Å²) < 4.78 is 0. The first-order chi connectivity index (χ1) is 7.56. The Morgan fingerprint density at radius 2 is 2.06 bits per heavy atom. The average Bonchev–Trinajstić information content (AvgIpc) is 2.17. The molecule has 88 valence electrons. The predicted molar refractivity (Wildman–Crippen MR) is 65.7 cm³/mol. The van der Waals surface area contributed by atoms with Crippen molar-refractivity contribution < 1.29 is 9.90 Å². The number of benzene rings is 1. The minimum Gasteiger partial charge on any atom is -0.481 e. The van der Waals surface area contributed by atoms with Gasteiger partial charge < -0.3 is 5.11 Å². The van der Waals surface area contributed by atoms with Gasteiger partial charge in [-0.3, -0.25) is 4.79 Å². The lowest BCUT2D eigenvalue weighted by Gasteiger charge is -2.17. The standard InChI is InChI=1S/C14H20O2/c1-4-6-11-7-5-8-12(9-11)13(10(2)3)14(15)16/h5,7-10,13H,4,6H2,1-3H3,(H,15,16). The van der Waals surface area contributed by atoms with Crippen molar-refractivity contribution in [3.63, 3.8) is 0 Å². The number of carboxylic acid groups (broad SMARTS) is 1. The van der Waals surface area contributed by atoms with Gasteiger partial charge in [0, 0.05) is 0 Å². The molecular formula is C14H20O2. The van der Waals surface area contributed by atoms with E-state index >= 15 is 0 Å². The van der Waals surface area contributed by atoms with Crippen molar-refractivity contribution in [3.05, 3.63) is 35.4 Å². The van der Waals surface area contributed by atoms with E-state index in [0.717, 1.165) is 18.4 Å². The molecule has 2 nitrogen and oxygen atoms in total. The fourth-order valence-electron chi connectivity index (χ4n) is 2.04. The number of hydrogen-bond donors (Lipinski definition) is 1. The molecule has 0 aliphatic rings. The lowest BCUT2D eigenvalue weighted by molar-refractivity contribution is -0.139. The third-order valence-electron chi connectivity index (χ3n) is 2.78. The van der Waals surface area contributed by atoms with Gasteiger partial charge in [-0.05, 0) is 23.5 Å². The summed E-state index contributed by atoms with van der Waals surface area (Å²) in [7, 11) is 0. The van der Waals surface area contributed by atoms with Crippen molar-refractivity contribution in [2.24, 2.45) is 5.92 Å². The maximum atomic E-state index is 11.2. The number of carboxylic acids is 1. The van der Waals surface area contributed by atoms with E-state index in [4.69, 9.17) is 0 Å². The first kappa shape index (κ1) is 12.8. The van der Waals surface area contributed by atoms with Crippen LogP contribution in [0.2, 0.25) is 0 Å². The first-order valence-electron chi connectivity index (χ1n) is 5.88. The van der Waals surface area contributed by atoms with E-state index in [2.05, 4.69) is 13.0 Å². The number of rotatable bonds is 5. The van der Waals surface area contributed by atoms with Gasteiger partial charge in [-0.2, -0.15) is 0 Å². The molecule has 1 aromatic carbocycles. The Kier molecular flexibility index (Phi) is 4.53. The summed E-state index contributed by atoms with van der Waals surface area (Å²) in [4.78, 5) is 11.2. The van der Waals surface area contributed by atoms with Gasteiger partial charge >= 0.3 is 5.97 Å². The molecule has 0 spiro atoms. The van der Waals surface area contributed by atoms with Gasteiger partial charge in [0.25, 0.3) is 0 Å². The number of hydrogen-bond acceptors (Lipinski definition) is 1. The van der Waals surface area contributed by atoms with Gasteiger partial charge in [0.15, 0.2) is 0 Å². The van der Waals surface area contributed by atoms with E-state index in [1.165, 1.54) is 5.56 Å². The summed E-state index contributed by atoms with van der Waals surface area (Å²) in [6.07, 6.45) is 2.10. The molecule has 0 saturated heterocycles. The summed E-state index contributed by atoms with van der Waals surface area (Å²) in [5.74, 6) is -1.00. The maximum Gasteiger partial charge on any atom is 0.311 e. The van der Waals surface area contributed by atoms with Crippen LogP contribution in [0.15, 0.2) is 24.3 Å². The van der Waals surface area contributed by atoms with E-state index < -0.39 is 11.9 Å². The Hall–Kier alpha value is -1.31. The maximum absolute atomic E-state index is 11.2. The predicted octanol–water partition coefficient (Wildman–Crippen LogP) is 3.46. The van der Waals surface area contributed by atoms with E-state index in [1.54, 1.807) is 0 Å². The Morgan fingerprint density at radius 1 is 1.38 bits per heavy atom. The van der Waals surface area contributed by atoms with Crippen molar-refractivity contribution >= 4 is 5.97 Å². The molecule has 0 amide bonds. The van der Waals surface area contributed by atoms with Crippen molar-refractivity contribution in [1.82, 2.24) is 0 Å². The van der Waals surface area contributed by atoms with Gasteiger partial charge in [0.1, 0.15) is 0 Å². The monoisotopic (exact) mass is 220 g/mol. The highest BCUT2D eigenvalue weighted by atomic mass is 16.4. The fraction of sp³-hybridized carbons (Fsp3) is 0.500. The third kappa shape index (κ3) is 3.09. The molecule has 0 saturated carbocycles. The summed E-state index contributed by atoms with van der Waals surface area (Å²) in [6.45, 7) is 6.03. The number of aryl methyl sites for hydroxylation is 1. The molecule has 0 fully saturated rings. The van der Waals surface area contributed by atoms with Crippen LogP contribution < -0.4 is 0 Å². The Balaban J connectivity index is 3.00. The van der Waals surface area contributed by atoms with E-state index in [-0.39, 0.29) is 5.92 Å². The molecule has 0 aromatic heterocycles. The highest BCUT2D eigenvalue weighted by Gasteiger charge is 2.23. The molecule has 0 aliphatic heterocycles. The third-order valence-corrected chi connectivity index (χ3v) is 2.78. The zero-order valence-electron chi connectivity index (χ0n) is 10.2. The molecule has 1 aromatic rings. The highest BCUT2D eigenvalue weighted by Crippen LogP contribution is 2.25. The van der Waals surface area contributed by atoms with Gasteiger partial charge in [-0.15, -0.1) is 0 Å². The van der Waals surface area contributed by atoms with Gasteiger partial charge in [0.05, 0.1) is 5.92 Å². The zero-order chi connectivity index (χ0) is 12.1. The molecule has 16 heavy (non-hydrogen) atoms. The quantitative estimate of drug-likeness (QED) is 0.825. The minimum atomic E-state index is -0.733. The fourth-order valence-corrected chi connectivity index (χ4v) is 2.04. The van der Waals surface area contributed by atoms with Crippen LogP contribution in [-0.2, 0) is 11.2 Å². The topological polar surface area (TPSA) is 37.3 Å². The van der Waals surface area contributed by atoms with E-state index in [0.29, 0.717) is 0 Å². The Bertz CT molecular complexity index is 356. The lowest BCUT2D eigenvalue weighted by Crippen LogP contribution is -2.17. The van der Waals surface area contributed by atoms with Crippen molar-refractivity contribution in [1.29, 1.82) is 0 Å². The largest absolute Gasteiger partial charge is 0.481 e. The van der Waals surface area contributed by atoms with Crippen LogP contribution in [0.1, 0.15) is 44.2 Å².